The lowest BCUT2D eigenvalue weighted by Crippen LogP contribution is -2.20. The molecule has 0 saturated carbocycles. The van der Waals surface area contributed by atoms with Crippen molar-refractivity contribution in [3.8, 4) is 0 Å². The van der Waals surface area contributed by atoms with E-state index in [0.29, 0.717) is 12.0 Å². The Kier molecular flexibility index (Phi) is 3.42. The van der Waals surface area contributed by atoms with E-state index >= 15 is 0 Å². The van der Waals surface area contributed by atoms with Crippen molar-refractivity contribution in [3.05, 3.63) is 56.8 Å². The smallest absolute Gasteiger partial charge is 0.176 e. The van der Waals surface area contributed by atoms with E-state index in [1.807, 2.05) is 11.4 Å². The van der Waals surface area contributed by atoms with Gasteiger partial charge in [-0.05, 0) is 54.8 Å². The third-order valence-corrected chi connectivity index (χ3v) is 4.90. The van der Waals surface area contributed by atoms with Gasteiger partial charge in [0.05, 0.1) is 5.56 Å². The molecule has 0 amide bonds. The first kappa shape index (κ1) is 13.4. The second-order valence-corrected chi connectivity index (χ2v) is 6.16. The van der Waals surface area contributed by atoms with Crippen molar-refractivity contribution in [1.29, 1.82) is 0 Å². The third kappa shape index (κ3) is 2.08. The molecule has 4 heteroatoms. The first-order chi connectivity index (χ1) is 9.59. The van der Waals surface area contributed by atoms with Gasteiger partial charge < -0.3 is 0 Å². The first-order valence-electron chi connectivity index (χ1n) is 6.64. The van der Waals surface area contributed by atoms with Crippen molar-refractivity contribution in [3.63, 3.8) is 0 Å². The molecule has 0 N–H and O–H groups in total. The molecule has 1 aromatic carbocycles. The molecule has 0 spiro atoms. The molecule has 0 saturated heterocycles. The van der Waals surface area contributed by atoms with Gasteiger partial charge in [-0.25, -0.2) is 8.78 Å². The monoisotopic (exact) mass is 292 g/mol. The molecule has 1 heterocycles. The van der Waals surface area contributed by atoms with Crippen LogP contribution in [0.4, 0.5) is 8.78 Å². The van der Waals surface area contributed by atoms with Gasteiger partial charge in [-0.1, -0.05) is 6.07 Å². The fourth-order valence-corrected chi connectivity index (χ4v) is 3.80. The second-order valence-electron chi connectivity index (χ2n) is 5.16. The van der Waals surface area contributed by atoms with Gasteiger partial charge in [0.25, 0.3) is 0 Å². The van der Waals surface area contributed by atoms with Gasteiger partial charge in [-0.2, -0.15) is 0 Å². The normalized spacial score (nSPS) is 17.9. The van der Waals surface area contributed by atoms with Gasteiger partial charge in [-0.15, -0.1) is 11.3 Å². The zero-order chi connectivity index (χ0) is 14.3. The van der Waals surface area contributed by atoms with Gasteiger partial charge in [0.2, 0.25) is 0 Å². The fourth-order valence-electron chi connectivity index (χ4n) is 2.82. The minimum atomic E-state index is -0.763. The lowest BCUT2D eigenvalue weighted by molar-refractivity contribution is 0.0942. The number of hydrogen-bond donors (Lipinski definition) is 0. The zero-order valence-electron chi connectivity index (χ0n) is 11.1. The number of ketones is 1. The van der Waals surface area contributed by atoms with Crippen LogP contribution in [-0.4, -0.2) is 5.78 Å². The van der Waals surface area contributed by atoms with Gasteiger partial charge in [0, 0.05) is 10.8 Å². The molecule has 1 aliphatic carbocycles. The number of fused-ring (bicyclic) bond motifs is 1. The Morgan fingerprint density at radius 1 is 1.30 bits per heavy atom. The number of aryl methyl sites for hydroxylation is 2. The Hall–Kier alpha value is -1.55. The summed E-state index contributed by atoms with van der Waals surface area (Å²) < 4.78 is 28.0. The molecule has 104 valence electrons. The predicted molar refractivity (Wildman–Crippen MR) is 75.4 cm³/mol. The maximum atomic E-state index is 14.1. The van der Waals surface area contributed by atoms with Gasteiger partial charge >= 0.3 is 0 Å². The molecule has 1 aliphatic rings. The van der Waals surface area contributed by atoms with Gasteiger partial charge in [-0.3, -0.25) is 4.79 Å². The minimum Gasteiger partial charge on any atom is -0.293 e. The quantitative estimate of drug-likeness (QED) is 0.737. The maximum Gasteiger partial charge on any atom is 0.176 e. The summed E-state index contributed by atoms with van der Waals surface area (Å²) in [5.74, 6) is -2.32. The Morgan fingerprint density at radius 2 is 2.10 bits per heavy atom. The summed E-state index contributed by atoms with van der Waals surface area (Å²) in [6.07, 6.45) is 2.50. The van der Waals surface area contributed by atoms with Crippen LogP contribution in [0, 0.1) is 18.6 Å². The average Bonchev–Trinajstić information content (AvgIpc) is 2.91. The number of Topliss-reactive ketones (excluding diaryl/α,β-unsaturated/α-hetero) is 1. The number of rotatable bonds is 2. The van der Waals surface area contributed by atoms with E-state index in [-0.39, 0.29) is 5.56 Å². The first-order valence-corrected chi connectivity index (χ1v) is 7.52. The van der Waals surface area contributed by atoms with Crippen LogP contribution in [0.25, 0.3) is 0 Å². The number of hydrogen-bond acceptors (Lipinski definition) is 2. The third-order valence-electron chi connectivity index (χ3n) is 3.90. The van der Waals surface area contributed by atoms with Crippen LogP contribution >= 0.6 is 11.3 Å². The van der Waals surface area contributed by atoms with E-state index < -0.39 is 23.3 Å². The largest absolute Gasteiger partial charge is 0.293 e. The molecular formula is C16H14F2OS. The van der Waals surface area contributed by atoms with E-state index in [4.69, 9.17) is 0 Å². The van der Waals surface area contributed by atoms with E-state index in [2.05, 4.69) is 0 Å². The Labute approximate surface area is 120 Å². The SMILES string of the molecule is Cc1ccc(F)c(C(=O)C2CCCc3sccc32)c1F. The number of thiophene rings is 1. The molecule has 1 unspecified atom stereocenters. The molecule has 0 radical (unpaired) electrons. The van der Waals surface area contributed by atoms with Crippen LogP contribution in [0.1, 0.15) is 45.1 Å². The number of halogens is 2. The summed E-state index contributed by atoms with van der Waals surface area (Å²) in [6, 6.07) is 4.44. The fraction of sp³-hybridized carbons (Fsp3) is 0.312. The summed E-state index contributed by atoms with van der Waals surface area (Å²) >= 11 is 1.61. The number of benzene rings is 1. The molecular weight excluding hydrogens is 278 g/mol. The van der Waals surface area contributed by atoms with E-state index in [1.165, 1.54) is 17.0 Å². The van der Waals surface area contributed by atoms with E-state index in [0.717, 1.165) is 18.4 Å². The van der Waals surface area contributed by atoms with Crippen molar-refractivity contribution in [1.82, 2.24) is 0 Å². The minimum absolute atomic E-state index is 0.302. The maximum absolute atomic E-state index is 14.1. The highest BCUT2D eigenvalue weighted by Crippen LogP contribution is 2.37. The highest BCUT2D eigenvalue weighted by Gasteiger charge is 2.31. The standard InChI is InChI=1S/C16H14F2OS/c1-9-5-6-12(17)14(15(9)18)16(19)11-3-2-4-13-10(11)7-8-20-13/h5-8,11H,2-4H2,1H3. The van der Waals surface area contributed by atoms with Crippen LogP contribution in [0.2, 0.25) is 0 Å². The van der Waals surface area contributed by atoms with E-state index in [9.17, 15) is 13.6 Å². The summed E-state index contributed by atoms with van der Waals surface area (Å²) in [6.45, 7) is 1.54. The average molecular weight is 292 g/mol. The van der Waals surface area contributed by atoms with Crippen molar-refractivity contribution in [2.45, 2.75) is 32.1 Å². The Morgan fingerprint density at radius 3 is 2.90 bits per heavy atom. The van der Waals surface area contributed by atoms with Gasteiger partial charge in [0.15, 0.2) is 5.78 Å². The van der Waals surface area contributed by atoms with Crippen molar-refractivity contribution >= 4 is 17.1 Å². The van der Waals surface area contributed by atoms with Crippen LogP contribution in [0.3, 0.4) is 0 Å². The van der Waals surface area contributed by atoms with Crippen molar-refractivity contribution < 1.29 is 13.6 Å². The van der Waals surface area contributed by atoms with Crippen molar-refractivity contribution in [2.75, 3.05) is 0 Å². The topological polar surface area (TPSA) is 17.1 Å². The molecule has 1 nitrogen and oxygen atoms in total. The van der Waals surface area contributed by atoms with E-state index in [1.54, 1.807) is 18.3 Å². The molecule has 0 aliphatic heterocycles. The molecule has 2 aromatic rings. The van der Waals surface area contributed by atoms with Crippen LogP contribution in [0.15, 0.2) is 23.6 Å². The summed E-state index contributed by atoms with van der Waals surface area (Å²) in [7, 11) is 0. The molecule has 1 atom stereocenters. The Balaban J connectivity index is 2.06. The molecule has 3 rings (SSSR count). The van der Waals surface area contributed by atoms with Crippen molar-refractivity contribution in [2.24, 2.45) is 0 Å². The summed E-state index contributed by atoms with van der Waals surface area (Å²) in [5, 5.41) is 1.94. The zero-order valence-corrected chi connectivity index (χ0v) is 11.9. The molecule has 0 bridgehead atoms. The molecule has 1 aromatic heterocycles. The number of carbonyl (C=O) groups is 1. The van der Waals surface area contributed by atoms with Crippen LogP contribution in [0.5, 0.6) is 0 Å². The lowest BCUT2D eigenvalue weighted by Gasteiger charge is -2.22. The summed E-state index contributed by atoms with van der Waals surface area (Å²) in [5.41, 5.74) is 0.872. The molecule has 20 heavy (non-hydrogen) atoms. The highest BCUT2D eigenvalue weighted by molar-refractivity contribution is 7.10. The second kappa shape index (κ2) is 5.09. The highest BCUT2D eigenvalue weighted by atomic mass is 32.1. The van der Waals surface area contributed by atoms with Crippen LogP contribution in [-0.2, 0) is 6.42 Å². The van der Waals surface area contributed by atoms with Gasteiger partial charge in [0.1, 0.15) is 11.6 Å². The predicted octanol–water partition coefficient (Wildman–Crippen LogP) is 4.64. The summed E-state index contributed by atoms with van der Waals surface area (Å²) in [4.78, 5) is 13.7. The number of carbonyl (C=O) groups excluding carboxylic acids is 1. The molecule has 0 fully saturated rings. The van der Waals surface area contributed by atoms with Crippen LogP contribution < -0.4 is 0 Å². The Bertz CT molecular complexity index is 675. The lowest BCUT2D eigenvalue weighted by atomic mass is 9.82.